The second-order valence-corrected chi connectivity index (χ2v) is 7.50. The second-order valence-electron chi connectivity index (χ2n) is 7.50. The van der Waals surface area contributed by atoms with Gasteiger partial charge in [-0.05, 0) is 26.7 Å². The fourth-order valence-corrected chi connectivity index (χ4v) is 3.83. The lowest BCUT2D eigenvalue weighted by atomic mass is 10.0. The molecule has 4 rings (SSSR count). The van der Waals surface area contributed by atoms with Gasteiger partial charge < -0.3 is 4.52 Å². The summed E-state index contributed by atoms with van der Waals surface area (Å²) < 4.78 is 5.44. The molecule has 1 aromatic rings. The van der Waals surface area contributed by atoms with Crippen molar-refractivity contribution >= 4 is 0 Å². The van der Waals surface area contributed by atoms with Crippen LogP contribution in [0.4, 0.5) is 0 Å². The molecule has 3 aliphatic rings. The molecule has 22 heavy (non-hydrogen) atoms. The average molecular weight is 304 g/mol. The summed E-state index contributed by atoms with van der Waals surface area (Å²) in [5, 5.41) is 4.01. The third-order valence-corrected chi connectivity index (χ3v) is 5.55. The van der Waals surface area contributed by atoms with E-state index in [0.29, 0.717) is 12.0 Å². The molecule has 5 nitrogen and oxygen atoms in total. The van der Waals surface area contributed by atoms with E-state index in [1.54, 1.807) is 0 Å². The lowest BCUT2D eigenvalue weighted by Crippen LogP contribution is -2.63. The molecular weight excluding hydrogens is 276 g/mol. The molecule has 1 aliphatic carbocycles. The van der Waals surface area contributed by atoms with E-state index in [1.807, 2.05) is 6.20 Å². The Hall–Kier alpha value is -0.910. The van der Waals surface area contributed by atoms with E-state index in [1.165, 1.54) is 57.7 Å². The number of piperazine rings is 1. The van der Waals surface area contributed by atoms with Crippen molar-refractivity contribution in [3.05, 3.63) is 17.5 Å². The lowest BCUT2D eigenvalue weighted by molar-refractivity contribution is -0.00431. The van der Waals surface area contributed by atoms with Crippen molar-refractivity contribution in [2.75, 3.05) is 39.3 Å². The van der Waals surface area contributed by atoms with Crippen molar-refractivity contribution in [1.29, 1.82) is 0 Å². The predicted molar refractivity (Wildman–Crippen MR) is 85.8 cm³/mol. The van der Waals surface area contributed by atoms with Crippen molar-refractivity contribution in [3.63, 3.8) is 0 Å². The molecule has 2 saturated heterocycles. The molecule has 0 atom stereocenters. The van der Waals surface area contributed by atoms with E-state index in [9.17, 15) is 0 Å². The summed E-state index contributed by atoms with van der Waals surface area (Å²) in [6, 6.07) is 1.45. The Morgan fingerprint density at radius 1 is 1.18 bits per heavy atom. The molecule has 0 N–H and O–H groups in total. The van der Waals surface area contributed by atoms with Gasteiger partial charge in [0.1, 0.15) is 5.76 Å². The molecule has 5 heteroatoms. The highest BCUT2D eigenvalue weighted by Gasteiger charge is 2.36. The molecule has 2 aliphatic heterocycles. The zero-order valence-electron chi connectivity index (χ0n) is 13.9. The largest absolute Gasteiger partial charge is 0.361 e. The van der Waals surface area contributed by atoms with Gasteiger partial charge in [-0.2, -0.15) is 0 Å². The van der Waals surface area contributed by atoms with Gasteiger partial charge in [-0.25, -0.2) is 0 Å². The van der Waals surface area contributed by atoms with Gasteiger partial charge in [0.25, 0.3) is 0 Å². The number of rotatable bonds is 5. The minimum absolute atomic E-state index is 0.665. The van der Waals surface area contributed by atoms with Crippen LogP contribution >= 0.6 is 0 Å². The van der Waals surface area contributed by atoms with Crippen LogP contribution in [0.15, 0.2) is 10.7 Å². The molecule has 0 bridgehead atoms. The average Bonchev–Trinajstić information content (AvgIpc) is 3.22. The summed E-state index contributed by atoms with van der Waals surface area (Å²) in [5.41, 5.74) is 1.32. The van der Waals surface area contributed by atoms with Crippen LogP contribution in [0.2, 0.25) is 0 Å². The number of hydrogen-bond donors (Lipinski definition) is 0. The smallest absolute Gasteiger partial charge is 0.144 e. The Labute approximate surface area is 133 Å². The molecular formula is C17H28N4O. The first-order valence-electron chi connectivity index (χ1n) is 8.84. The topological polar surface area (TPSA) is 35.8 Å². The zero-order chi connectivity index (χ0) is 15.1. The van der Waals surface area contributed by atoms with E-state index < -0.39 is 0 Å². The van der Waals surface area contributed by atoms with Gasteiger partial charge in [-0.3, -0.25) is 14.7 Å². The Bertz CT molecular complexity index is 497. The fraction of sp³-hybridized carbons (Fsp3) is 0.824. The highest BCUT2D eigenvalue weighted by atomic mass is 16.5. The van der Waals surface area contributed by atoms with Crippen LogP contribution in [-0.4, -0.2) is 71.2 Å². The van der Waals surface area contributed by atoms with Crippen LogP contribution in [0.3, 0.4) is 0 Å². The molecule has 1 saturated carbocycles. The lowest BCUT2D eigenvalue weighted by Gasteiger charge is -2.48. The molecule has 3 heterocycles. The molecule has 122 valence electrons. The molecule has 0 radical (unpaired) electrons. The predicted octanol–water partition coefficient (Wildman–Crippen LogP) is 1.76. The first-order chi connectivity index (χ1) is 10.7. The molecule has 3 fully saturated rings. The van der Waals surface area contributed by atoms with Crippen LogP contribution in [0.1, 0.15) is 43.9 Å². The Morgan fingerprint density at radius 3 is 2.55 bits per heavy atom. The minimum Gasteiger partial charge on any atom is -0.361 e. The quantitative estimate of drug-likeness (QED) is 0.828. The van der Waals surface area contributed by atoms with E-state index in [-0.39, 0.29) is 0 Å². The number of aromatic nitrogens is 1. The van der Waals surface area contributed by atoms with E-state index in [4.69, 9.17) is 4.52 Å². The fourth-order valence-electron chi connectivity index (χ4n) is 3.83. The first kappa shape index (κ1) is 14.7. The molecule has 0 spiro atoms. The maximum absolute atomic E-state index is 5.44. The third kappa shape index (κ3) is 2.94. The SMILES string of the molecule is CC(C)N1CCN(C2CN(Cc3cnoc3C3CC3)C2)CC1. The minimum atomic E-state index is 0.665. The summed E-state index contributed by atoms with van der Waals surface area (Å²) in [5.74, 6) is 1.83. The Morgan fingerprint density at radius 2 is 1.91 bits per heavy atom. The normalized spacial score (nSPS) is 25.8. The molecule has 1 aromatic heterocycles. The number of likely N-dealkylation sites (tertiary alicyclic amines) is 1. The van der Waals surface area contributed by atoms with Gasteiger partial charge in [0.2, 0.25) is 0 Å². The van der Waals surface area contributed by atoms with Gasteiger partial charge in [0.05, 0.1) is 6.20 Å². The molecule has 0 aromatic carbocycles. The van der Waals surface area contributed by atoms with Gasteiger partial charge in [0.15, 0.2) is 0 Å². The van der Waals surface area contributed by atoms with E-state index in [2.05, 4.69) is 33.7 Å². The van der Waals surface area contributed by atoms with Crippen LogP contribution < -0.4 is 0 Å². The molecule has 0 unspecified atom stereocenters. The summed E-state index contributed by atoms with van der Waals surface area (Å²) >= 11 is 0. The summed E-state index contributed by atoms with van der Waals surface area (Å²) in [4.78, 5) is 7.81. The maximum atomic E-state index is 5.44. The van der Waals surface area contributed by atoms with Gasteiger partial charge >= 0.3 is 0 Å². The number of hydrogen-bond acceptors (Lipinski definition) is 5. The van der Waals surface area contributed by atoms with Crippen molar-refractivity contribution in [2.45, 2.75) is 51.2 Å². The van der Waals surface area contributed by atoms with E-state index >= 15 is 0 Å². The van der Waals surface area contributed by atoms with Crippen LogP contribution in [0, 0.1) is 0 Å². The first-order valence-corrected chi connectivity index (χ1v) is 8.84. The standard InChI is InChI=1S/C17H28N4O/c1-13(2)20-5-7-21(8-6-20)16-11-19(12-16)10-15-9-18-22-17(15)14-3-4-14/h9,13-14,16H,3-8,10-12H2,1-2H3. The maximum Gasteiger partial charge on any atom is 0.144 e. The third-order valence-electron chi connectivity index (χ3n) is 5.55. The Kier molecular flexibility index (Phi) is 3.96. The van der Waals surface area contributed by atoms with Crippen molar-refractivity contribution < 1.29 is 4.52 Å². The van der Waals surface area contributed by atoms with Crippen LogP contribution in [0.25, 0.3) is 0 Å². The summed E-state index contributed by atoms with van der Waals surface area (Å²) in [6.45, 7) is 13.0. The molecule has 0 amide bonds. The van der Waals surface area contributed by atoms with Crippen LogP contribution in [-0.2, 0) is 6.54 Å². The van der Waals surface area contributed by atoms with Crippen LogP contribution in [0.5, 0.6) is 0 Å². The second kappa shape index (κ2) is 5.95. The Balaban J connectivity index is 1.24. The number of nitrogens with zero attached hydrogens (tertiary/aromatic N) is 4. The van der Waals surface area contributed by atoms with Crippen molar-refractivity contribution in [1.82, 2.24) is 19.9 Å². The van der Waals surface area contributed by atoms with Gasteiger partial charge in [0, 0.05) is 69.4 Å². The van der Waals surface area contributed by atoms with Crippen molar-refractivity contribution in [2.24, 2.45) is 0 Å². The highest BCUT2D eigenvalue weighted by molar-refractivity contribution is 5.22. The monoisotopic (exact) mass is 304 g/mol. The summed E-state index contributed by atoms with van der Waals surface area (Å²) in [7, 11) is 0. The van der Waals surface area contributed by atoms with Gasteiger partial charge in [-0.15, -0.1) is 0 Å². The highest BCUT2D eigenvalue weighted by Crippen LogP contribution is 2.42. The van der Waals surface area contributed by atoms with Crippen molar-refractivity contribution in [3.8, 4) is 0 Å². The zero-order valence-corrected chi connectivity index (χ0v) is 13.9. The summed E-state index contributed by atoms with van der Waals surface area (Å²) in [6.07, 6.45) is 4.50. The van der Waals surface area contributed by atoms with E-state index in [0.717, 1.165) is 18.3 Å². The van der Waals surface area contributed by atoms with Gasteiger partial charge in [-0.1, -0.05) is 5.16 Å².